The van der Waals surface area contributed by atoms with Gasteiger partial charge in [-0.25, -0.2) is 0 Å². The molecule has 1 unspecified atom stereocenters. The number of carbonyl (C=O) groups is 2. The third-order valence-electron chi connectivity index (χ3n) is 2.51. The van der Waals surface area contributed by atoms with Gasteiger partial charge in [0.2, 0.25) is 11.8 Å². The van der Waals surface area contributed by atoms with Crippen molar-refractivity contribution in [2.45, 2.75) is 25.3 Å². The van der Waals surface area contributed by atoms with Gasteiger partial charge in [-0.3, -0.25) is 9.59 Å². The van der Waals surface area contributed by atoms with Crippen LogP contribution in [0.5, 0.6) is 0 Å². The molecular weight excluding hydrogens is 180 g/mol. The zero-order chi connectivity index (χ0) is 10.6. The summed E-state index contributed by atoms with van der Waals surface area (Å²) < 4.78 is 0. The number of carbonyl (C=O) groups excluding carboxylic acids is 2. The Labute approximate surface area is 84.0 Å². The van der Waals surface area contributed by atoms with E-state index in [4.69, 9.17) is 0 Å². The maximum absolute atomic E-state index is 11.5. The molecule has 0 aromatic carbocycles. The van der Waals surface area contributed by atoms with Crippen LogP contribution < -0.4 is 5.32 Å². The van der Waals surface area contributed by atoms with E-state index in [1.165, 1.54) is 6.08 Å². The van der Waals surface area contributed by atoms with E-state index in [1.54, 1.807) is 11.9 Å². The van der Waals surface area contributed by atoms with Gasteiger partial charge in [-0.05, 0) is 25.3 Å². The highest BCUT2D eigenvalue weighted by Gasteiger charge is 2.29. The van der Waals surface area contributed by atoms with Gasteiger partial charge in [-0.15, -0.1) is 0 Å². The summed E-state index contributed by atoms with van der Waals surface area (Å²) >= 11 is 0. The summed E-state index contributed by atoms with van der Waals surface area (Å²) in [7, 11) is 1.59. The van der Waals surface area contributed by atoms with Gasteiger partial charge < -0.3 is 10.2 Å². The van der Waals surface area contributed by atoms with E-state index >= 15 is 0 Å². The first kappa shape index (κ1) is 10.8. The second-order valence-corrected chi connectivity index (χ2v) is 3.36. The first-order chi connectivity index (χ1) is 6.70. The van der Waals surface area contributed by atoms with Crippen molar-refractivity contribution >= 4 is 11.8 Å². The lowest BCUT2D eigenvalue weighted by Gasteiger charge is -2.33. The highest BCUT2D eigenvalue weighted by atomic mass is 16.2. The molecule has 1 atom stereocenters. The molecule has 78 valence electrons. The molecule has 0 aromatic rings. The maximum atomic E-state index is 11.5. The molecule has 2 amide bonds. The second kappa shape index (κ2) is 4.79. The highest BCUT2D eigenvalue weighted by Crippen LogP contribution is 2.17. The molecule has 1 rings (SSSR count). The van der Waals surface area contributed by atoms with Crippen molar-refractivity contribution in [3.63, 3.8) is 0 Å². The third-order valence-corrected chi connectivity index (χ3v) is 2.51. The van der Waals surface area contributed by atoms with E-state index in [1.807, 2.05) is 0 Å². The molecule has 4 heteroatoms. The smallest absolute Gasteiger partial charge is 0.246 e. The Morgan fingerprint density at radius 3 is 2.79 bits per heavy atom. The Bertz CT molecular complexity index is 251. The minimum atomic E-state index is -0.306. The molecule has 1 aliphatic heterocycles. The number of likely N-dealkylation sites (N-methyl/N-ethyl adjacent to an activating group) is 1. The van der Waals surface area contributed by atoms with Crippen LogP contribution in [0.2, 0.25) is 0 Å². The molecule has 0 bridgehead atoms. The van der Waals surface area contributed by atoms with Crippen molar-refractivity contribution in [2.24, 2.45) is 0 Å². The number of nitrogens with one attached hydrogen (secondary N) is 1. The van der Waals surface area contributed by atoms with Crippen LogP contribution in [0.4, 0.5) is 0 Å². The number of amides is 2. The first-order valence-corrected chi connectivity index (χ1v) is 4.85. The van der Waals surface area contributed by atoms with Crippen LogP contribution in [0.15, 0.2) is 12.7 Å². The van der Waals surface area contributed by atoms with E-state index in [2.05, 4.69) is 11.9 Å². The van der Waals surface area contributed by atoms with E-state index < -0.39 is 0 Å². The molecule has 1 fully saturated rings. The molecule has 4 nitrogen and oxygen atoms in total. The van der Waals surface area contributed by atoms with Crippen molar-refractivity contribution in [3.05, 3.63) is 12.7 Å². The largest absolute Gasteiger partial charge is 0.357 e. The van der Waals surface area contributed by atoms with Gasteiger partial charge in [0.15, 0.2) is 0 Å². The Morgan fingerprint density at radius 1 is 1.50 bits per heavy atom. The molecule has 1 saturated heterocycles. The molecule has 14 heavy (non-hydrogen) atoms. The van der Waals surface area contributed by atoms with E-state index in [9.17, 15) is 9.59 Å². The topological polar surface area (TPSA) is 49.4 Å². The fourth-order valence-electron chi connectivity index (χ4n) is 1.75. The molecule has 1 aliphatic rings. The van der Waals surface area contributed by atoms with Gasteiger partial charge >= 0.3 is 0 Å². The molecule has 0 spiro atoms. The normalized spacial score (nSPS) is 21.5. The molecular formula is C10H16N2O2. The van der Waals surface area contributed by atoms with Crippen molar-refractivity contribution < 1.29 is 9.59 Å². The van der Waals surface area contributed by atoms with Gasteiger partial charge in [0.25, 0.3) is 0 Å². The van der Waals surface area contributed by atoms with Gasteiger partial charge in [-0.2, -0.15) is 0 Å². The van der Waals surface area contributed by atoms with Crippen LogP contribution in [0.1, 0.15) is 19.3 Å². The standard InChI is InChI=1S/C10H16N2O2/c1-3-9(13)12-7-5-4-6-8(12)10(14)11-2/h3,8H,1,4-7H2,2H3,(H,11,14). The third kappa shape index (κ3) is 2.13. The average Bonchev–Trinajstić information content (AvgIpc) is 2.27. The van der Waals surface area contributed by atoms with Gasteiger partial charge in [-0.1, -0.05) is 6.58 Å². The summed E-state index contributed by atoms with van der Waals surface area (Å²) in [6, 6.07) is -0.306. The number of likely N-dealkylation sites (tertiary alicyclic amines) is 1. The number of hydrogen-bond donors (Lipinski definition) is 1. The van der Waals surface area contributed by atoms with Crippen LogP contribution in [0.25, 0.3) is 0 Å². The van der Waals surface area contributed by atoms with Crippen LogP contribution >= 0.6 is 0 Å². The lowest BCUT2D eigenvalue weighted by Crippen LogP contribution is -2.50. The Balaban J connectivity index is 2.73. The summed E-state index contributed by atoms with van der Waals surface area (Å²) in [5.74, 6) is -0.238. The van der Waals surface area contributed by atoms with Gasteiger partial charge in [0.1, 0.15) is 6.04 Å². The van der Waals surface area contributed by atoms with Crippen LogP contribution in [-0.4, -0.2) is 36.3 Å². The number of hydrogen-bond acceptors (Lipinski definition) is 2. The summed E-state index contributed by atoms with van der Waals surface area (Å²) in [5, 5.41) is 2.58. The minimum Gasteiger partial charge on any atom is -0.357 e. The molecule has 0 aliphatic carbocycles. The monoisotopic (exact) mass is 196 g/mol. The Kier molecular flexibility index (Phi) is 3.68. The van der Waals surface area contributed by atoms with Crippen LogP contribution in [-0.2, 0) is 9.59 Å². The van der Waals surface area contributed by atoms with E-state index in [-0.39, 0.29) is 17.9 Å². The number of rotatable bonds is 2. The average molecular weight is 196 g/mol. The molecule has 1 heterocycles. The second-order valence-electron chi connectivity index (χ2n) is 3.36. The zero-order valence-electron chi connectivity index (χ0n) is 8.45. The van der Waals surface area contributed by atoms with Crippen molar-refractivity contribution in [1.29, 1.82) is 0 Å². The van der Waals surface area contributed by atoms with Crippen molar-refractivity contribution in [1.82, 2.24) is 10.2 Å². The summed E-state index contributed by atoms with van der Waals surface area (Å²) in [6.07, 6.45) is 3.98. The summed E-state index contributed by atoms with van der Waals surface area (Å²) in [4.78, 5) is 24.5. The zero-order valence-corrected chi connectivity index (χ0v) is 8.45. The molecule has 1 N–H and O–H groups in total. The van der Waals surface area contributed by atoms with Gasteiger partial charge in [0, 0.05) is 13.6 Å². The fourth-order valence-corrected chi connectivity index (χ4v) is 1.75. The predicted octanol–water partition coefficient (Wildman–Crippen LogP) is 0.299. The Hall–Kier alpha value is -1.32. The number of nitrogens with zero attached hydrogens (tertiary/aromatic N) is 1. The highest BCUT2D eigenvalue weighted by molar-refractivity contribution is 5.92. The molecule has 0 radical (unpaired) electrons. The van der Waals surface area contributed by atoms with E-state index in [0.717, 1.165) is 19.3 Å². The van der Waals surface area contributed by atoms with Gasteiger partial charge in [0.05, 0.1) is 0 Å². The fraction of sp³-hybridized carbons (Fsp3) is 0.600. The molecule has 0 saturated carbocycles. The SMILES string of the molecule is C=CC(=O)N1CCCCC1C(=O)NC. The summed E-state index contributed by atoms with van der Waals surface area (Å²) in [5.41, 5.74) is 0. The lowest BCUT2D eigenvalue weighted by atomic mass is 10.0. The first-order valence-electron chi connectivity index (χ1n) is 4.85. The molecule has 0 aromatic heterocycles. The lowest BCUT2D eigenvalue weighted by molar-refractivity contribution is -0.138. The quantitative estimate of drug-likeness (QED) is 0.646. The predicted molar refractivity (Wildman–Crippen MR) is 53.6 cm³/mol. The van der Waals surface area contributed by atoms with E-state index in [0.29, 0.717) is 6.54 Å². The minimum absolute atomic E-state index is 0.0834. The van der Waals surface area contributed by atoms with Crippen LogP contribution in [0, 0.1) is 0 Å². The Morgan fingerprint density at radius 2 is 2.21 bits per heavy atom. The van der Waals surface area contributed by atoms with Crippen molar-refractivity contribution in [3.8, 4) is 0 Å². The summed E-state index contributed by atoms with van der Waals surface area (Å²) in [6.45, 7) is 4.09. The van der Waals surface area contributed by atoms with Crippen molar-refractivity contribution in [2.75, 3.05) is 13.6 Å². The maximum Gasteiger partial charge on any atom is 0.246 e. The van der Waals surface area contributed by atoms with Crippen LogP contribution in [0.3, 0.4) is 0 Å². The number of piperidine rings is 1.